The van der Waals surface area contributed by atoms with E-state index in [-0.39, 0.29) is 6.09 Å². The molecule has 0 rings (SSSR count). The minimum Gasteiger partial charge on any atom is -0.444 e. The minimum atomic E-state index is -0.404. The lowest BCUT2D eigenvalue weighted by atomic mass is 10.1. The van der Waals surface area contributed by atoms with E-state index in [1.165, 1.54) is 0 Å². The molecule has 1 amide bonds. The van der Waals surface area contributed by atoms with Crippen LogP contribution in [0.3, 0.4) is 0 Å². The van der Waals surface area contributed by atoms with Crippen molar-refractivity contribution in [3.63, 3.8) is 0 Å². The van der Waals surface area contributed by atoms with Crippen molar-refractivity contribution in [2.45, 2.75) is 73.8 Å². The van der Waals surface area contributed by atoms with Gasteiger partial charge in [-0.3, -0.25) is 0 Å². The molecular weight excluding hydrogens is 226 g/mol. The number of hydrogen-bond donors (Lipinski definition) is 0. The molecule has 0 N–H and O–H groups in total. The average Bonchev–Trinajstić information content (AvgIpc) is 2.28. The molecule has 0 spiro atoms. The van der Waals surface area contributed by atoms with Crippen LogP contribution in [-0.2, 0) is 4.74 Å². The van der Waals surface area contributed by atoms with E-state index in [1.807, 2.05) is 39.5 Å². The van der Waals surface area contributed by atoms with E-state index in [9.17, 15) is 4.79 Å². The van der Waals surface area contributed by atoms with Gasteiger partial charge in [-0.1, -0.05) is 41.0 Å². The van der Waals surface area contributed by atoms with Crippen molar-refractivity contribution in [1.29, 1.82) is 0 Å². The van der Waals surface area contributed by atoms with Gasteiger partial charge in [0, 0.05) is 13.1 Å². The summed E-state index contributed by atoms with van der Waals surface area (Å²) < 4.78 is 5.38. The standard InChI is InChI=1S/C13H27NO2.C2H6/c1-7-9-14(10-11(3)8-2)12(15)16-13(4,5)6;1-2/h11H,7-10H2,1-6H3;1-2H3. The molecule has 0 aliphatic carbocycles. The van der Waals surface area contributed by atoms with E-state index >= 15 is 0 Å². The zero-order valence-corrected chi connectivity index (χ0v) is 13.7. The summed E-state index contributed by atoms with van der Waals surface area (Å²) in [5, 5.41) is 0. The Kier molecular flexibility index (Phi) is 11.1. The molecule has 0 aromatic carbocycles. The quantitative estimate of drug-likeness (QED) is 0.716. The first-order valence-corrected chi connectivity index (χ1v) is 7.28. The van der Waals surface area contributed by atoms with Crippen molar-refractivity contribution in [1.82, 2.24) is 4.90 Å². The normalized spacial score (nSPS) is 12.2. The smallest absolute Gasteiger partial charge is 0.410 e. The molecule has 1 atom stereocenters. The fraction of sp³-hybridized carbons (Fsp3) is 0.933. The predicted molar refractivity (Wildman–Crippen MR) is 78.9 cm³/mol. The lowest BCUT2D eigenvalue weighted by molar-refractivity contribution is 0.0223. The third kappa shape index (κ3) is 10.4. The van der Waals surface area contributed by atoms with Crippen molar-refractivity contribution in [3.05, 3.63) is 0 Å². The van der Waals surface area contributed by atoms with Crippen molar-refractivity contribution >= 4 is 6.09 Å². The third-order valence-corrected chi connectivity index (χ3v) is 2.37. The zero-order chi connectivity index (χ0) is 14.8. The first-order chi connectivity index (χ1) is 8.30. The van der Waals surface area contributed by atoms with Crippen LogP contribution in [0.5, 0.6) is 0 Å². The van der Waals surface area contributed by atoms with E-state index in [1.54, 1.807) is 0 Å². The summed E-state index contributed by atoms with van der Waals surface area (Å²) >= 11 is 0. The Morgan fingerprint density at radius 2 is 1.72 bits per heavy atom. The highest BCUT2D eigenvalue weighted by atomic mass is 16.6. The highest BCUT2D eigenvalue weighted by Crippen LogP contribution is 2.12. The van der Waals surface area contributed by atoms with E-state index in [4.69, 9.17) is 4.74 Å². The fourth-order valence-electron chi connectivity index (χ4n) is 1.36. The number of carbonyl (C=O) groups is 1. The summed E-state index contributed by atoms with van der Waals surface area (Å²) in [4.78, 5) is 13.7. The van der Waals surface area contributed by atoms with Gasteiger partial charge in [-0.05, 0) is 33.1 Å². The third-order valence-electron chi connectivity index (χ3n) is 2.37. The summed E-state index contributed by atoms with van der Waals surface area (Å²) in [7, 11) is 0. The van der Waals surface area contributed by atoms with Gasteiger partial charge in [0.2, 0.25) is 0 Å². The maximum atomic E-state index is 11.9. The van der Waals surface area contributed by atoms with Crippen molar-refractivity contribution < 1.29 is 9.53 Å². The topological polar surface area (TPSA) is 29.5 Å². The minimum absolute atomic E-state index is 0.186. The lowest BCUT2D eigenvalue weighted by Gasteiger charge is -2.28. The number of carbonyl (C=O) groups excluding carboxylic acids is 1. The first-order valence-electron chi connectivity index (χ1n) is 7.28. The average molecular weight is 259 g/mol. The monoisotopic (exact) mass is 259 g/mol. The van der Waals surface area contributed by atoms with Gasteiger partial charge < -0.3 is 9.64 Å². The number of ether oxygens (including phenoxy) is 1. The maximum absolute atomic E-state index is 11.9. The first kappa shape index (κ1) is 19.6. The SMILES string of the molecule is CC.CCCN(CC(C)CC)C(=O)OC(C)(C)C. The van der Waals surface area contributed by atoms with E-state index in [2.05, 4.69) is 20.8 Å². The van der Waals surface area contributed by atoms with Crippen LogP contribution >= 0.6 is 0 Å². The summed E-state index contributed by atoms with van der Waals surface area (Å²) in [5.41, 5.74) is -0.404. The largest absolute Gasteiger partial charge is 0.444 e. The molecule has 18 heavy (non-hydrogen) atoms. The number of hydrogen-bond acceptors (Lipinski definition) is 2. The molecule has 0 heterocycles. The maximum Gasteiger partial charge on any atom is 0.410 e. The summed E-state index contributed by atoms with van der Waals surface area (Å²) in [6.07, 6.45) is 1.87. The van der Waals surface area contributed by atoms with Gasteiger partial charge in [0.25, 0.3) is 0 Å². The van der Waals surface area contributed by atoms with Gasteiger partial charge in [0.15, 0.2) is 0 Å². The van der Waals surface area contributed by atoms with E-state index in [0.29, 0.717) is 5.92 Å². The molecule has 0 saturated carbocycles. The van der Waals surface area contributed by atoms with Crippen LogP contribution in [0.4, 0.5) is 4.79 Å². The van der Waals surface area contributed by atoms with E-state index < -0.39 is 5.60 Å². The highest BCUT2D eigenvalue weighted by Gasteiger charge is 2.22. The van der Waals surface area contributed by atoms with Crippen molar-refractivity contribution in [3.8, 4) is 0 Å². The van der Waals surface area contributed by atoms with Crippen LogP contribution in [0.25, 0.3) is 0 Å². The number of rotatable bonds is 5. The molecule has 0 aromatic rings. The van der Waals surface area contributed by atoms with Gasteiger partial charge in [0.05, 0.1) is 0 Å². The molecule has 0 aliphatic rings. The van der Waals surface area contributed by atoms with Gasteiger partial charge in [-0.25, -0.2) is 4.79 Å². The second kappa shape index (κ2) is 10.2. The highest BCUT2D eigenvalue weighted by molar-refractivity contribution is 5.68. The Morgan fingerprint density at radius 1 is 1.22 bits per heavy atom. The van der Waals surface area contributed by atoms with E-state index in [0.717, 1.165) is 25.9 Å². The summed E-state index contributed by atoms with van der Waals surface area (Å²) in [5.74, 6) is 0.527. The van der Waals surface area contributed by atoms with Crippen LogP contribution < -0.4 is 0 Å². The Balaban J connectivity index is 0. The Hall–Kier alpha value is -0.730. The van der Waals surface area contributed by atoms with Crippen LogP contribution in [-0.4, -0.2) is 29.7 Å². The van der Waals surface area contributed by atoms with Gasteiger partial charge in [-0.2, -0.15) is 0 Å². The van der Waals surface area contributed by atoms with Crippen molar-refractivity contribution in [2.24, 2.45) is 5.92 Å². The predicted octanol–water partition coefficient (Wildman–Crippen LogP) is 4.71. The molecule has 0 bridgehead atoms. The van der Waals surface area contributed by atoms with Crippen LogP contribution in [0.1, 0.15) is 68.2 Å². The van der Waals surface area contributed by atoms with Crippen LogP contribution in [0.15, 0.2) is 0 Å². The second-order valence-electron chi connectivity index (χ2n) is 5.44. The Bertz CT molecular complexity index is 209. The second-order valence-corrected chi connectivity index (χ2v) is 5.44. The molecule has 0 aliphatic heterocycles. The molecule has 1 unspecified atom stereocenters. The molecule has 3 nitrogen and oxygen atoms in total. The molecule has 110 valence electrons. The van der Waals surface area contributed by atoms with Crippen molar-refractivity contribution in [2.75, 3.05) is 13.1 Å². The summed E-state index contributed by atoms with van der Waals surface area (Å²) in [6.45, 7) is 17.7. The molecule has 0 fully saturated rings. The van der Waals surface area contributed by atoms with Gasteiger partial charge in [0.1, 0.15) is 5.60 Å². The van der Waals surface area contributed by atoms with Crippen LogP contribution in [0.2, 0.25) is 0 Å². The molecular formula is C15H33NO2. The summed E-state index contributed by atoms with van der Waals surface area (Å²) in [6, 6.07) is 0. The molecule has 0 saturated heterocycles. The lowest BCUT2D eigenvalue weighted by Crippen LogP contribution is -2.39. The van der Waals surface area contributed by atoms with Crippen LogP contribution in [0, 0.1) is 5.92 Å². The Morgan fingerprint density at radius 3 is 2.06 bits per heavy atom. The fourth-order valence-corrected chi connectivity index (χ4v) is 1.36. The molecule has 0 aromatic heterocycles. The number of nitrogens with zero attached hydrogens (tertiary/aromatic N) is 1. The molecule has 0 radical (unpaired) electrons. The Labute approximate surface area is 114 Å². The van der Waals surface area contributed by atoms with Gasteiger partial charge in [-0.15, -0.1) is 0 Å². The van der Waals surface area contributed by atoms with Gasteiger partial charge >= 0.3 is 6.09 Å². The molecule has 3 heteroatoms. The zero-order valence-electron chi connectivity index (χ0n) is 13.7. The number of amides is 1.